The minimum Gasteiger partial charge on any atom is -0.494 e. The van der Waals surface area contributed by atoms with Crippen LogP contribution in [0.25, 0.3) is 10.8 Å². The van der Waals surface area contributed by atoms with E-state index in [2.05, 4.69) is 43.0 Å². The first-order chi connectivity index (χ1) is 26.4. The fourth-order valence-electron chi connectivity index (χ4n) is 4.74. The van der Waals surface area contributed by atoms with E-state index in [1.54, 1.807) is 19.1 Å². The Morgan fingerprint density at radius 3 is 1.77 bits per heavy atom. The molecule has 0 fully saturated rings. The number of fused-ring (bicyclic) bond motifs is 1. The summed E-state index contributed by atoms with van der Waals surface area (Å²) in [5.41, 5.74) is 1.28. The minimum absolute atomic E-state index is 0.00710. The molecule has 0 aliphatic heterocycles. The third-order valence-corrected chi connectivity index (χ3v) is 14.7. The fraction of sp³-hybridized carbons (Fsp3) is 0.387. The molecule has 0 unspecified atom stereocenters. The van der Waals surface area contributed by atoms with E-state index in [9.17, 15) is 33.7 Å². The highest BCUT2D eigenvalue weighted by Gasteiger charge is 2.24. The SMILES string of the molecule is COc1cc(N=Nc2cc(S(=O)(=O)OC)c3cccc(S(=O)(=O)OC)c3c2)c(C)cc1Nc1nc(SCCCS(=O)(=O)OC)nc(SCCCS(=O)(=O)OC)n1. The van der Waals surface area contributed by atoms with Crippen LogP contribution in [0.2, 0.25) is 0 Å². The third-order valence-electron chi connectivity index (χ3n) is 7.56. The zero-order valence-corrected chi connectivity index (χ0v) is 35.7. The molecule has 1 aromatic heterocycles. The number of nitrogens with zero attached hydrogens (tertiary/aromatic N) is 5. The second-order valence-corrected chi connectivity index (χ2v) is 20.4. The number of methoxy groups -OCH3 is 1. The van der Waals surface area contributed by atoms with Crippen molar-refractivity contribution >= 4 is 97.8 Å². The van der Waals surface area contributed by atoms with Crippen LogP contribution in [-0.2, 0) is 57.2 Å². The van der Waals surface area contributed by atoms with Crippen LogP contribution in [0.3, 0.4) is 0 Å². The normalized spacial score (nSPS) is 12.8. The zero-order chi connectivity index (χ0) is 41.3. The van der Waals surface area contributed by atoms with Gasteiger partial charge in [0.1, 0.15) is 15.5 Å². The van der Waals surface area contributed by atoms with Crippen molar-refractivity contribution in [1.82, 2.24) is 15.0 Å². The van der Waals surface area contributed by atoms with Crippen molar-refractivity contribution in [2.45, 2.75) is 39.9 Å². The van der Waals surface area contributed by atoms with E-state index in [1.165, 1.54) is 61.0 Å². The van der Waals surface area contributed by atoms with E-state index in [1.807, 2.05) is 0 Å². The van der Waals surface area contributed by atoms with Gasteiger partial charge in [-0.2, -0.15) is 58.9 Å². The number of nitrogens with one attached hydrogen (secondary N) is 1. The van der Waals surface area contributed by atoms with Crippen LogP contribution in [-0.4, -0.2) is 107 Å². The summed E-state index contributed by atoms with van der Waals surface area (Å²) in [6.07, 6.45) is 0.512. The van der Waals surface area contributed by atoms with Crippen LogP contribution in [0.1, 0.15) is 18.4 Å². The molecule has 0 spiro atoms. The standard InChI is InChI=1S/C31H38N6O13S6/c1-20-16-25(32-29-33-30(51-12-8-14-53(38,39)47-3)35-31(34-29)52-13-9-15-54(40,41)48-4)26(46-2)19-24(20)37-36-21-17-23-22(28(18-21)56(44,45)50-6)10-7-11-27(23)55(42,43)49-5/h7,10-11,16-19H,8-9,12-15H2,1-6H3,(H,32,33,34,35). The molecule has 3 aromatic carbocycles. The van der Waals surface area contributed by atoms with Gasteiger partial charge in [0.05, 0.1) is 64.1 Å². The van der Waals surface area contributed by atoms with E-state index in [-0.39, 0.29) is 72.6 Å². The Hall–Kier alpha value is -3.53. The van der Waals surface area contributed by atoms with Gasteiger partial charge in [-0.05, 0) is 49.6 Å². The quantitative estimate of drug-likeness (QED) is 0.0494. The Bertz CT molecular complexity index is 2480. The average molecular weight is 895 g/mol. The van der Waals surface area contributed by atoms with Gasteiger partial charge in [0.25, 0.3) is 40.5 Å². The number of benzene rings is 3. The van der Waals surface area contributed by atoms with Crippen molar-refractivity contribution in [3.8, 4) is 5.75 Å². The number of hydrogen-bond acceptors (Lipinski definition) is 21. The monoisotopic (exact) mass is 894 g/mol. The van der Waals surface area contributed by atoms with Gasteiger partial charge >= 0.3 is 0 Å². The Labute approximate surface area is 333 Å². The van der Waals surface area contributed by atoms with Crippen molar-refractivity contribution in [3.05, 3.63) is 48.0 Å². The molecule has 0 saturated heterocycles. The maximum atomic E-state index is 12.9. The maximum Gasteiger partial charge on any atom is 0.297 e. The van der Waals surface area contributed by atoms with Crippen LogP contribution in [0.5, 0.6) is 5.75 Å². The number of anilines is 2. The summed E-state index contributed by atoms with van der Waals surface area (Å²) in [7, 11) is -10.3. The second-order valence-electron chi connectivity index (χ2n) is 11.2. The molecule has 0 aliphatic carbocycles. The number of aromatic nitrogens is 3. The van der Waals surface area contributed by atoms with Crippen LogP contribution >= 0.6 is 23.5 Å². The van der Waals surface area contributed by atoms with Gasteiger partial charge < -0.3 is 10.1 Å². The lowest BCUT2D eigenvalue weighted by Crippen LogP contribution is -2.09. The number of thioether (sulfide) groups is 2. The molecule has 0 amide bonds. The first-order valence-electron chi connectivity index (χ1n) is 16.0. The molecule has 56 heavy (non-hydrogen) atoms. The zero-order valence-electron chi connectivity index (χ0n) is 30.8. The van der Waals surface area contributed by atoms with Crippen molar-refractivity contribution in [2.75, 3.05) is 63.9 Å². The highest BCUT2D eigenvalue weighted by Crippen LogP contribution is 2.38. The lowest BCUT2D eigenvalue weighted by Gasteiger charge is -2.14. The van der Waals surface area contributed by atoms with E-state index in [4.69, 9.17) is 8.92 Å². The summed E-state index contributed by atoms with van der Waals surface area (Å²) >= 11 is 2.38. The average Bonchev–Trinajstić information content (AvgIpc) is 3.17. The molecule has 0 atom stereocenters. The molecule has 306 valence electrons. The van der Waals surface area contributed by atoms with Gasteiger partial charge in [0.2, 0.25) is 5.95 Å². The van der Waals surface area contributed by atoms with Gasteiger partial charge in [-0.1, -0.05) is 35.7 Å². The van der Waals surface area contributed by atoms with E-state index < -0.39 is 40.5 Å². The predicted molar refractivity (Wildman–Crippen MR) is 210 cm³/mol. The van der Waals surface area contributed by atoms with E-state index in [0.717, 1.165) is 28.4 Å². The Morgan fingerprint density at radius 1 is 0.661 bits per heavy atom. The van der Waals surface area contributed by atoms with Crippen molar-refractivity contribution in [2.24, 2.45) is 10.2 Å². The van der Waals surface area contributed by atoms with Crippen molar-refractivity contribution in [3.63, 3.8) is 0 Å². The maximum absolute atomic E-state index is 12.9. The topological polar surface area (TPSA) is 258 Å². The van der Waals surface area contributed by atoms with E-state index in [0.29, 0.717) is 28.4 Å². The van der Waals surface area contributed by atoms with Crippen LogP contribution in [0.4, 0.5) is 23.0 Å². The first-order valence-corrected chi connectivity index (χ1v) is 24.0. The minimum atomic E-state index is -4.33. The van der Waals surface area contributed by atoms with Crippen molar-refractivity contribution in [1.29, 1.82) is 0 Å². The number of aryl methyl sites for hydroxylation is 1. The molecular formula is C31H38N6O13S6. The Morgan fingerprint density at radius 2 is 1.23 bits per heavy atom. The first kappa shape index (κ1) is 45.2. The van der Waals surface area contributed by atoms with E-state index >= 15 is 0 Å². The lowest BCUT2D eigenvalue weighted by molar-refractivity contribution is 0.396. The molecule has 1 N–H and O–H groups in total. The Kier molecular flexibility index (Phi) is 15.6. The highest BCUT2D eigenvalue weighted by atomic mass is 32.2. The van der Waals surface area contributed by atoms with Gasteiger partial charge in [-0.15, -0.1) is 0 Å². The van der Waals surface area contributed by atoms with Crippen LogP contribution in [0.15, 0.2) is 72.8 Å². The molecule has 25 heteroatoms. The molecule has 0 bridgehead atoms. The molecular weight excluding hydrogens is 857 g/mol. The Balaban J connectivity index is 1.67. The largest absolute Gasteiger partial charge is 0.494 e. The molecule has 0 aliphatic rings. The molecule has 19 nitrogen and oxygen atoms in total. The number of ether oxygens (including phenoxy) is 1. The van der Waals surface area contributed by atoms with Crippen molar-refractivity contribution < 1.29 is 55.1 Å². The molecule has 4 rings (SSSR count). The summed E-state index contributed by atoms with van der Waals surface area (Å²) in [5, 5.41) is 12.3. The summed E-state index contributed by atoms with van der Waals surface area (Å²) in [6.45, 7) is 1.72. The molecule has 4 aromatic rings. The lowest BCUT2D eigenvalue weighted by atomic mass is 10.1. The van der Waals surface area contributed by atoms with Gasteiger partial charge in [0.15, 0.2) is 10.3 Å². The van der Waals surface area contributed by atoms with Gasteiger partial charge in [-0.25, -0.2) is 0 Å². The molecule has 0 saturated carbocycles. The van der Waals surface area contributed by atoms with Crippen LogP contribution < -0.4 is 10.1 Å². The number of hydrogen-bond donors (Lipinski definition) is 1. The number of azo groups is 1. The smallest absolute Gasteiger partial charge is 0.297 e. The third kappa shape index (κ3) is 12.0. The second kappa shape index (κ2) is 19.3. The summed E-state index contributed by atoms with van der Waals surface area (Å²) in [5.74, 6) is 0.656. The molecule has 1 heterocycles. The number of rotatable bonds is 21. The van der Waals surface area contributed by atoms with Gasteiger partial charge in [-0.3, -0.25) is 16.7 Å². The molecule has 0 radical (unpaired) electrons. The predicted octanol–water partition coefficient (Wildman–Crippen LogP) is 5.09. The summed E-state index contributed by atoms with van der Waals surface area (Å²) < 4.78 is 122. The van der Waals surface area contributed by atoms with Crippen LogP contribution in [0, 0.1) is 6.92 Å². The van der Waals surface area contributed by atoms with Gasteiger partial charge in [0, 0.05) is 28.3 Å². The summed E-state index contributed by atoms with van der Waals surface area (Å²) in [4.78, 5) is 12.8. The fourth-order valence-corrected chi connectivity index (χ4v) is 9.80. The summed E-state index contributed by atoms with van der Waals surface area (Å²) in [6, 6.07) is 9.87. The highest BCUT2D eigenvalue weighted by molar-refractivity contribution is 7.99.